The monoisotopic (exact) mass is 461 g/mol. The molecule has 1 aliphatic rings. The van der Waals surface area contributed by atoms with Gasteiger partial charge in [-0.2, -0.15) is 0 Å². The summed E-state index contributed by atoms with van der Waals surface area (Å²) in [5.41, 5.74) is 0.963. The van der Waals surface area contributed by atoms with Gasteiger partial charge in [0.1, 0.15) is 11.6 Å². The molecule has 10 nitrogen and oxygen atoms in total. The van der Waals surface area contributed by atoms with Gasteiger partial charge in [0.05, 0.1) is 18.4 Å². The lowest BCUT2D eigenvalue weighted by Gasteiger charge is -2.26. The zero-order chi connectivity index (χ0) is 24.6. The number of imide groups is 2. The number of carbonyl (C=O) groups excluding carboxylic acids is 4. The maximum absolute atomic E-state index is 13.2. The van der Waals surface area contributed by atoms with Crippen LogP contribution in [-0.2, 0) is 19.1 Å². The van der Waals surface area contributed by atoms with Crippen molar-refractivity contribution < 1.29 is 33.8 Å². The van der Waals surface area contributed by atoms with Crippen molar-refractivity contribution in [2.24, 2.45) is 0 Å². The third-order valence-electron chi connectivity index (χ3n) is 5.50. The van der Waals surface area contributed by atoms with Crippen molar-refractivity contribution in [2.75, 3.05) is 12.0 Å². The van der Waals surface area contributed by atoms with Crippen LogP contribution in [0, 0.1) is 0 Å². The molecular formula is C24H19N3O7. The number of hydrogen-bond acceptors (Lipinski definition) is 6. The lowest BCUT2D eigenvalue weighted by Crippen LogP contribution is -2.54. The van der Waals surface area contributed by atoms with E-state index < -0.39 is 35.8 Å². The molecular weight excluding hydrogens is 442 g/mol. The third kappa shape index (κ3) is 3.81. The molecule has 0 bridgehead atoms. The summed E-state index contributed by atoms with van der Waals surface area (Å²) in [4.78, 5) is 62.1. The van der Waals surface area contributed by atoms with E-state index in [1.807, 2.05) is 0 Å². The van der Waals surface area contributed by atoms with Crippen molar-refractivity contribution in [3.05, 3.63) is 71.4 Å². The summed E-state index contributed by atoms with van der Waals surface area (Å²) in [5, 5.41) is 11.9. The van der Waals surface area contributed by atoms with Crippen molar-refractivity contribution in [3.63, 3.8) is 0 Å². The maximum Gasteiger partial charge on any atom is 0.335 e. The topological polar surface area (TPSA) is 135 Å². The first-order valence-electron chi connectivity index (χ1n) is 10.1. The lowest BCUT2D eigenvalue weighted by atomic mass is 10.1. The van der Waals surface area contributed by atoms with Gasteiger partial charge in [0.2, 0.25) is 0 Å². The molecule has 10 heteroatoms. The van der Waals surface area contributed by atoms with Gasteiger partial charge in [-0.1, -0.05) is 18.2 Å². The molecule has 1 atom stereocenters. The fourth-order valence-electron chi connectivity index (χ4n) is 3.75. The largest absolute Gasteiger partial charge is 0.478 e. The number of para-hydroxylation sites is 1. The Balaban J connectivity index is 1.78. The molecule has 172 valence electrons. The number of benzene rings is 2. The summed E-state index contributed by atoms with van der Waals surface area (Å²) in [6.45, 7) is 1.66. The fourth-order valence-corrected chi connectivity index (χ4v) is 3.75. The van der Waals surface area contributed by atoms with Crippen molar-refractivity contribution in [1.29, 1.82) is 0 Å². The Kier molecular flexibility index (Phi) is 5.72. The highest BCUT2D eigenvalue weighted by Crippen LogP contribution is 2.29. The molecule has 2 heterocycles. The van der Waals surface area contributed by atoms with Crippen LogP contribution in [0.2, 0.25) is 0 Å². The number of esters is 1. The summed E-state index contributed by atoms with van der Waals surface area (Å²) in [7, 11) is 1.28. The van der Waals surface area contributed by atoms with Crippen LogP contribution < -0.4 is 10.2 Å². The van der Waals surface area contributed by atoms with Gasteiger partial charge in [-0.15, -0.1) is 0 Å². The van der Waals surface area contributed by atoms with Crippen LogP contribution in [0.25, 0.3) is 17.0 Å². The van der Waals surface area contributed by atoms with Gasteiger partial charge < -0.3 is 14.4 Å². The number of amides is 4. The molecule has 0 aliphatic carbocycles. The number of nitrogens with zero attached hydrogens (tertiary/aromatic N) is 2. The number of rotatable bonds is 5. The number of anilines is 1. The third-order valence-corrected chi connectivity index (χ3v) is 5.50. The van der Waals surface area contributed by atoms with E-state index in [4.69, 9.17) is 9.84 Å². The predicted octanol–water partition coefficient (Wildman–Crippen LogP) is 2.74. The van der Waals surface area contributed by atoms with Crippen molar-refractivity contribution >= 4 is 52.5 Å². The number of barbiturate groups is 1. The predicted molar refractivity (Wildman–Crippen MR) is 121 cm³/mol. The van der Waals surface area contributed by atoms with Crippen LogP contribution in [0.15, 0.2) is 60.3 Å². The molecule has 1 fully saturated rings. The molecule has 4 rings (SSSR count). The molecule has 1 unspecified atom stereocenters. The van der Waals surface area contributed by atoms with E-state index in [-0.39, 0.29) is 16.8 Å². The first-order valence-corrected chi connectivity index (χ1v) is 10.1. The van der Waals surface area contributed by atoms with Crippen molar-refractivity contribution in [1.82, 2.24) is 9.88 Å². The SMILES string of the molecule is COC(=O)C(C)n1cc(/C=C2/C(=O)NC(=O)N(c3ccc(C(=O)O)cc3)C2=O)c2ccccc21. The van der Waals surface area contributed by atoms with Gasteiger partial charge >= 0.3 is 18.0 Å². The normalized spacial score (nSPS) is 16.0. The Labute approximate surface area is 193 Å². The number of ether oxygens (including phenoxy) is 1. The first-order chi connectivity index (χ1) is 16.2. The van der Waals surface area contributed by atoms with Gasteiger partial charge in [0.25, 0.3) is 11.8 Å². The Morgan fingerprint density at radius 3 is 2.38 bits per heavy atom. The Morgan fingerprint density at radius 1 is 1.06 bits per heavy atom. The molecule has 2 N–H and O–H groups in total. The van der Waals surface area contributed by atoms with E-state index in [1.165, 1.54) is 37.5 Å². The molecule has 4 amide bonds. The number of methoxy groups -OCH3 is 1. The molecule has 0 saturated carbocycles. The van der Waals surface area contributed by atoms with Crippen LogP contribution in [0.4, 0.5) is 10.5 Å². The van der Waals surface area contributed by atoms with E-state index in [0.29, 0.717) is 16.5 Å². The summed E-state index contributed by atoms with van der Waals surface area (Å²) in [6.07, 6.45) is 2.98. The number of nitrogens with one attached hydrogen (secondary N) is 1. The summed E-state index contributed by atoms with van der Waals surface area (Å²) in [6, 6.07) is 10.6. The average molecular weight is 461 g/mol. The van der Waals surface area contributed by atoms with Crippen LogP contribution in [0.1, 0.15) is 28.9 Å². The highest BCUT2D eigenvalue weighted by atomic mass is 16.5. The quantitative estimate of drug-likeness (QED) is 0.339. The molecule has 0 spiro atoms. The molecule has 1 aromatic heterocycles. The van der Waals surface area contributed by atoms with Gasteiger partial charge in [0.15, 0.2) is 0 Å². The molecule has 1 saturated heterocycles. The Hall–Kier alpha value is -4.73. The van der Waals surface area contributed by atoms with Crippen LogP contribution in [-0.4, -0.2) is 46.6 Å². The highest BCUT2D eigenvalue weighted by Gasteiger charge is 2.37. The summed E-state index contributed by atoms with van der Waals surface area (Å²) < 4.78 is 6.51. The number of aromatic carboxylic acids is 1. The number of fused-ring (bicyclic) bond motifs is 1. The number of carbonyl (C=O) groups is 5. The van der Waals surface area contributed by atoms with Crippen molar-refractivity contribution in [3.8, 4) is 0 Å². The minimum absolute atomic E-state index is 0.0204. The Bertz CT molecular complexity index is 1390. The van der Waals surface area contributed by atoms with Gasteiger partial charge in [-0.3, -0.25) is 14.9 Å². The molecule has 3 aromatic rings. The zero-order valence-electron chi connectivity index (χ0n) is 18.1. The zero-order valence-corrected chi connectivity index (χ0v) is 18.1. The van der Waals surface area contributed by atoms with E-state index in [1.54, 1.807) is 42.0 Å². The standard InChI is InChI=1S/C24H19N3O7/c1-13(23(32)34-2)26-12-15(17-5-3-4-6-19(17)26)11-18-20(28)25-24(33)27(21(18)29)16-9-7-14(8-10-16)22(30)31/h3-13H,1-2H3,(H,30,31)(H,25,28,33)/b18-11-. The van der Waals surface area contributed by atoms with Gasteiger partial charge in [-0.25, -0.2) is 19.3 Å². The van der Waals surface area contributed by atoms with Gasteiger partial charge in [-0.05, 0) is 43.3 Å². The van der Waals surface area contributed by atoms with Gasteiger partial charge in [0, 0.05) is 22.7 Å². The maximum atomic E-state index is 13.2. The second-order valence-electron chi connectivity index (χ2n) is 7.52. The average Bonchev–Trinajstić information content (AvgIpc) is 3.19. The molecule has 0 radical (unpaired) electrons. The van der Waals surface area contributed by atoms with Crippen LogP contribution >= 0.6 is 0 Å². The summed E-state index contributed by atoms with van der Waals surface area (Å²) >= 11 is 0. The lowest BCUT2D eigenvalue weighted by molar-refractivity contribution is -0.143. The van der Waals surface area contributed by atoms with Crippen LogP contribution in [0.3, 0.4) is 0 Å². The number of carboxylic acid groups (broad SMARTS) is 1. The van der Waals surface area contributed by atoms with Crippen LogP contribution in [0.5, 0.6) is 0 Å². The fraction of sp³-hybridized carbons (Fsp3) is 0.125. The Morgan fingerprint density at radius 2 is 1.74 bits per heavy atom. The van der Waals surface area contributed by atoms with E-state index in [2.05, 4.69) is 5.32 Å². The number of aromatic nitrogens is 1. The van der Waals surface area contributed by atoms with E-state index >= 15 is 0 Å². The first kappa shape index (κ1) is 22.5. The van der Waals surface area contributed by atoms with E-state index in [9.17, 15) is 24.0 Å². The highest BCUT2D eigenvalue weighted by molar-refractivity contribution is 6.39. The molecule has 1 aliphatic heterocycles. The second-order valence-corrected chi connectivity index (χ2v) is 7.52. The smallest absolute Gasteiger partial charge is 0.335 e. The minimum atomic E-state index is -1.16. The molecule has 34 heavy (non-hydrogen) atoms. The van der Waals surface area contributed by atoms with Crippen molar-refractivity contribution in [2.45, 2.75) is 13.0 Å². The minimum Gasteiger partial charge on any atom is -0.478 e. The number of hydrogen-bond donors (Lipinski definition) is 2. The molecule has 2 aromatic carbocycles. The number of urea groups is 1. The second kappa shape index (κ2) is 8.66. The number of carboxylic acids is 1. The van der Waals surface area contributed by atoms with E-state index in [0.717, 1.165) is 4.90 Å². The summed E-state index contributed by atoms with van der Waals surface area (Å²) in [5.74, 6) is -3.36.